The number of pyridine rings is 1. The van der Waals surface area contributed by atoms with Crippen molar-refractivity contribution in [3.05, 3.63) is 60.7 Å². The molecule has 174 valence electrons. The first-order chi connectivity index (χ1) is 16.7. The zero-order chi connectivity index (χ0) is 23.3. The number of rotatable bonds is 8. The fourth-order valence-electron chi connectivity index (χ4n) is 4.21. The number of fused-ring (bicyclic) bond motifs is 1. The van der Waals surface area contributed by atoms with Crippen LogP contribution in [0.25, 0.3) is 33.5 Å². The van der Waals surface area contributed by atoms with Crippen molar-refractivity contribution >= 4 is 28.6 Å². The van der Waals surface area contributed by atoms with E-state index in [0.29, 0.717) is 13.1 Å². The number of ether oxygens (including phenoxy) is 1. The van der Waals surface area contributed by atoms with Gasteiger partial charge in [0.05, 0.1) is 23.1 Å². The van der Waals surface area contributed by atoms with Crippen LogP contribution in [0.1, 0.15) is 19.8 Å². The number of aromatic nitrogens is 4. The standard InChI is InChI=1S/C26H27N5O2S/c1-2-31-25(29-30-26(31)34-17-24(32)27-16-19-11-8-14-33-19)21-15-23(18-9-4-3-5-10-18)28-22-13-7-6-12-20(21)22/h3-7,9-10,12-13,15,19H,2,8,11,14,16-17H2,1H3,(H,27,32)/t19-/m1/s1. The van der Waals surface area contributed by atoms with E-state index in [1.165, 1.54) is 11.8 Å². The van der Waals surface area contributed by atoms with E-state index in [-0.39, 0.29) is 17.8 Å². The maximum Gasteiger partial charge on any atom is 0.230 e. The molecule has 0 saturated carbocycles. The first-order valence-electron chi connectivity index (χ1n) is 11.6. The third-order valence-corrected chi connectivity index (χ3v) is 6.91. The van der Waals surface area contributed by atoms with Gasteiger partial charge in [-0.25, -0.2) is 4.98 Å². The molecule has 2 aromatic carbocycles. The molecule has 2 aromatic heterocycles. The smallest absolute Gasteiger partial charge is 0.230 e. The van der Waals surface area contributed by atoms with Gasteiger partial charge in [-0.05, 0) is 31.9 Å². The summed E-state index contributed by atoms with van der Waals surface area (Å²) in [6.45, 7) is 4.11. The van der Waals surface area contributed by atoms with Crippen molar-refractivity contribution in [1.82, 2.24) is 25.1 Å². The van der Waals surface area contributed by atoms with E-state index in [1.807, 2.05) is 36.4 Å². The second-order valence-electron chi connectivity index (χ2n) is 8.22. The average molecular weight is 474 g/mol. The van der Waals surface area contributed by atoms with Crippen LogP contribution in [0.4, 0.5) is 0 Å². The summed E-state index contributed by atoms with van der Waals surface area (Å²) in [6, 6.07) is 20.3. The van der Waals surface area contributed by atoms with E-state index in [2.05, 4.69) is 51.3 Å². The molecule has 0 radical (unpaired) electrons. The first-order valence-corrected chi connectivity index (χ1v) is 12.6. The Bertz CT molecular complexity index is 1290. The van der Waals surface area contributed by atoms with Gasteiger partial charge in [0, 0.05) is 36.2 Å². The lowest BCUT2D eigenvalue weighted by Crippen LogP contribution is -2.32. The van der Waals surface area contributed by atoms with Crippen LogP contribution in [0.5, 0.6) is 0 Å². The van der Waals surface area contributed by atoms with E-state index >= 15 is 0 Å². The van der Waals surface area contributed by atoms with Crippen molar-refractivity contribution in [2.24, 2.45) is 0 Å². The molecule has 1 N–H and O–H groups in total. The summed E-state index contributed by atoms with van der Waals surface area (Å²) in [5, 5.41) is 13.7. The Kier molecular flexibility index (Phi) is 6.87. The minimum absolute atomic E-state index is 0.0200. The summed E-state index contributed by atoms with van der Waals surface area (Å²) < 4.78 is 7.64. The number of para-hydroxylation sites is 1. The van der Waals surface area contributed by atoms with E-state index in [9.17, 15) is 4.79 Å². The number of carbonyl (C=O) groups excluding carboxylic acids is 1. The summed E-state index contributed by atoms with van der Waals surface area (Å²) in [5.74, 6) is 1.05. The van der Waals surface area contributed by atoms with Gasteiger partial charge < -0.3 is 14.6 Å². The highest BCUT2D eigenvalue weighted by molar-refractivity contribution is 7.99. The maximum atomic E-state index is 12.4. The number of carbonyl (C=O) groups is 1. The molecule has 1 aliphatic heterocycles. The molecule has 1 fully saturated rings. The molecule has 7 nitrogen and oxygen atoms in total. The molecule has 0 unspecified atom stereocenters. The highest BCUT2D eigenvalue weighted by atomic mass is 32.2. The van der Waals surface area contributed by atoms with Gasteiger partial charge >= 0.3 is 0 Å². The van der Waals surface area contributed by atoms with Gasteiger partial charge in [-0.15, -0.1) is 10.2 Å². The molecule has 1 amide bonds. The van der Waals surface area contributed by atoms with Crippen molar-refractivity contribution in [2.45, 2.75) is 37.6 Å². The van der Waals surface area contributed by atoms with E-state index < -0.39 is 0 Å². The largest absolute Gasteiger partial charge is 0.376 e. The molecule has 34 heavy (non-hydrogen) atoms. The van der Waals surface area contributed by atoms with Crippen LogP contribution in [0.3, 0.4) is 0 Å². The van der Waals surface area contributed by atoms with Crippen molar-refractivity contribution in [3.8, 4) is 22.6 Å². The van der Waals surface area contributed by atoms with Gasteiger partial charge in [0.25, 0.3) is 0 Å². The molecular weight excluding hydrogens is 446 g/mol. The molecule has 0 spiro atoms. The predicted molar refractivity (Wildman–Crippen MR) is 135 cm³/mol. The van der Waals surface area contributed by atoms with Crippen molar-refractivity contribution in [1.29, 1.82) is 0 Å². The number of nitrogens with zero attached hydrogens (tertiary/aromatic N) is 4. The minimum atomic E-state index is -0.0200. The van der Waals surface area contributed by atoms with Gasteiger partial charge in [-0.1, -0.05) is 60.3 Å². The molecule has 8 heteroatoms. The second-order valence-corrected chi connectivity index (χ2v) is 9.16. The monoisotopic (exact) mass is 473 g/mol. The molecule has 0 aliphatic carbocycles. The molecule has 5 rings (SSSR count). The normalized spacial score (nSPS) is 15.6. The molecule has 1 saturated heterocycles. The Morgan fingerprint density at radius 1 is 1.15 bits per heavy atom. The van der Waals surface area contributed by atoms with Crippen molar-refractivity contribution < 1.29 is 9.53 Å². The van der Waals surface area contributed by atoms with Gasteiger partial charge in [0.2, 0.25) is 5.91 Å². The van der Waals surface area contributed by atoms with E-state index in [1.54, 1.807) is 0 Å². The number of thioether (sulfide) groups is 1. The number of nitrogens with one attached hydrogen (secondary N) is 1. The summed E-state index contributed by atoms with van der Waals surface area (Å²) in [4.78, 5) is 17.3. The zero-order valence-electron chi connectivity index (χ0n) is 19.1. The Morgan fingerprint density at radius 3 is 2.76 bits per heavy atom. The molecule has 3 heterocycles. The predicted octanol–water partition coefficient (Wildman–Crippen LogP) is 4.57. The van der Waals surface area contributed by atoms with Crippen LogP contribution < -0.4 is 5.32 Å². The van der Waals surface area contributed by atoms with E-state index in [0.717, 1.165) is 58.2 Å². The van der Waals surface area contributed by atoms with Gasteiger partial charge in [-0.2, -0.15) is 0 Å². The van der Waals surface area contributed by atoms with E-state index in [4.69, 9.17) is 9.72 Å². The lowest BCUT2D eigenvalue weighted by Gasteiger charge is -2.12. The molecule has 4 aromatic rings. The average Bonchev–Trinajstić information content (AvgIpc) is 3.56. The van der Waals surface area contributed by atoms with Crippen LogP contribution in [-0.2, 0) is 16.1 Å². The second kappa shape index (κ2) is 10.4. The van der Waals surface area contributed by atoms with Crippen LogP contribution in [0, 0.1) is 0 Å². The fraction of sp³-hybridized carbons (Fsp3) is 0.308. The van der Waals surface area contributed by atoms with Crippen LogP contribution in [0.15, 0.2) is 65.8 Å². The van der Waals surface area contributed by atoms with Gasteiger partial charge in [0.15, 0.2) is 11.0 Å². The van der Waals surface area contributed by atoms with Crippen molar-refractivity contribution in [2.75, 3.05) is 18.9 Å². The van der Waals surface area contributed by atoms with Crippen LogP contribution >= 0.6 is 11.8 Å². The summed E-state index contributed by atoms with van der Waals surface area (Å²) in [7, 11) is 0. The number of amides is 1. The SMILES string of the molecule is CCn1c(SCC(=O)NC[C@H]2CCCO2)nnc1-c1cc(-c2ccccc2)nc2ccccc12. The first kappa shape index (κ1) is 22.6. The molecular formula is C26H27N5O2S. The Morgan fingerprint density at radius 2 is 1.97 bits per heavy atom. The van der Waals surface area contributed by atoms with Gasteiger partial charge in [0.1, 0.15) is 0 Å². The quantitative estimate of drug-likeness (QED) is 0.378. The Balaban J connectivity index is 1.41. The summed E-state index contributed by atoms with van der Waals surface area (Å²) in [5.41, 5.74) is 3.83. The summed E-state index contributed by atoms with van der Waals surface area (Å²) >= 11 is 1.40. The van der Waals surface area contributed by atoms with Crippen LogP contribution in [0.2, 0.25) is 0 Å². The maximum absolute atomic E-state index is 12.4. The third kappa shape index (κ3) is 4.83. The number of hydrogen-bond acceptors (Lipinski definition) is 6. The number of hydrogen-bond donors (Lipinski definition) is 1. The lowest BCUT2D eigenvalue weighted by molar-refractivity contribution is -0.119. The Hall–Kier alpha value is -3.23. The molecule has 1 aliphatic rings. The Labute approximate surface area is 203 Å². The topological polar surface area (TPSA) is 81.9 Å². The van der Waals surface area contributed by atoms with Crippen molar-refractivity contribution in [3.63, 3.8) is 0 Å². The zero-order valence-corrected chi connectivity index (χ0v) is 19.9. The highest BCUT2D eigenvalue weighted by Gasteiger charge is 2.19. The van der Waals surface area contributed by atoms with Gasteiger partial charge in [-0.3, -0.25) is 4.79 Å². The lowest BCUT2D eigenvalue weighted by atomic mass is 10.0. The summed E-state index contributed by atoms with van der Waals surface area (Å²) in [6.07, 6.45) is 2.21. The number of benzene rings is 2. The fourth-order valence-corrected chi connectivity index (χ4v) is 5.04. The highest BCUT2D eigenvalue weighted by Crippen LogP contribution is 2.32. The van der Waals surface area contributed by atoms with Crippen LogP contribution in [-0.4, -0.2) is 50.7 Å². The minimum Gasteiger partial charge on any atom is -0.376 e. The third-order valence-electron chi connectivity index (χ3n) is 5.94. The molecule has 0 bridgehead atoms. The molecule has 1 atom stereocenters.